The molecule has 186 valence electrons. The number of nitrogens with zero attached hydrogens (tertiary/aromatic N) is 1. The second-order valence-corrected chi connectivity index (χ2v) is 10.7. The van der Waals surface area contributed by atoms with E-state index in [1.807, 2.05) is 24.3 Å². The van der Waals surface area contributed by atoms with Crippen LogP contribution in [0.1, 0.15) is 68.2 Å². The minimum absolute atomic E-state index is 0. The van der Waals surface area contributed by atoms with Gasteiger partial charge in [-0.3, -0.25) is 0 Å². The number of rotatable bonds is 8. The number of benzene rings is 3. The molecular formula is C30H34Cl3NO. The van der Waals surface area contributed by atoms with Gasteiger partial charge >= 0.3 is 0 Å². The molecule has 2 aliphatic heterocycles. The molecule has 5 heteroatoms. The van der Waals surface area contributed by atoms with E-state index in [1.54, 1.807) is 0 Å². The Kier molecular flexibility index (Phi) is 9.05. The van der Waals surface area contributed by atoms with Crippen LogP contribution in [0.15, 0.2) is 72.8 Å². The van der Waals surface area contributed by atoms with Crippen molar-refractivity contribution in [2.24, 2.45) is 0 Å². The molecule has 5 rings (SSSR count). The Morgan fingerprint density at radius 3 is 1.97 bits per heavy atom. The fraction of sp³-hybridized carbons (Fsp3) is 0.400. The lowest BCUT2D eigenvalue weighted by Gasteiger charge is -2.41. The summed E-state index contributed by atoms with van der Waals surface area (Å²) in [5.74, 6) is 0. The number of unbranched alkanes of at least 4 members (excludes halogenated alkanes) is 1. The zero-order valence-corrected chi connectivity index (χ0v) is 22.5. The molecule has 1 unspecified atom stereocenters. The molecular weight excluding hydrogens is 497 g/mol. The van der Waals surface area contributed by atoms with Crippen LogP contribution in [0.25, 0.3) is 0 Å². The SMILES string of the molecule is CCCCc1cccc(N2[C@@H]3CC[C@H]2CC(OC(c2ccc(Cl)cc2)c2ccc(Cl)cc2)C3)c1.Cl. The fourth-order valence-corrected chi connectivity index (χ4v) is 5.98. The topological polar surface area (TPSA) is 12.5 Å². The quantitative estimate of drug-likeness (QED) is 0.288. The van der Waals surface area contributed by atoms with Crippen LogP contribution in [0.3, 0.4) is 0 Å². The second-order valence-electron chi connectivity index (χ2n) is 9.78. The van der Waals surface area contributed by atoms with Crippen molar-refractivity contribution in [2.75, 3.05) is 4.90 Å². The number of piperidine rings is 1. The highest BCUT2D eigenvalue weighted by molar-refractivity contribution is 6.30. The molecule has 3 aromatic rings. The maximum Gasteiger partial charge on any atom is 0.108 e. The largest absolute Gasteiger partial charge is 0.365 e. The fourth-order valence-electron chi connectivity index (χ4n) is 5.73. The molecule has 2 saturated heterocycles. The third-order valence-corrected chi connectivity index (χ3v) is 7.90. The first-order valence-electron chi connectivity index (χ1n) is 12.6. The van der Waals surface area contributed by atoms with Crippen LogP contribution in [0, 0.1) is 0 Å². The number of ether oxygens (including phenoxy) is 1. The summed E-state index contributed by atoms with van der Waals surface area (Å²) in [6.07, 6.45) is 8.39. The molecule has 0 amide bonds. The molecule has 0 radical (unpaired) electrons. The van der Waals surface area contributed by atoms with E-state index in [0.29, 0.717) is 12.1 Å². The van der Waals surface area contributed by atoms with Crippen LogP contribution in [-0.2, 0) is 11.2 Å². The average molecular weight is 531 g/mol. The first kappa shape index (κ1) is 26.4. The Morgan fingerprint density at radius 2 is 1.43 bits per heavy atom. The summed E-state index contributed by atoms with van der Waals surface area (Å²) >= 11 is 12.3. The lowest BCUT2D eigenvalue weighted by Crippen LogP contribution is -2.46. The van der Waals surface area contributed by atoms with Crippen molar-refractivity contribution in [3.05, 3.63) is 99.5 Å². The number of aryl methyl sites for hydroxylation is 1. The van der Waals surface area contributed by atoms with Gasteiger partial charge in [-0.1, -0.05) is 72.9 Å². The van der Waals surface area contributed by atoms with E-state index < -0.39 is 0 Å². The minimum Gasteiger partial charge on any atom is -0.365 e. The van der Waals surface area contributed by atoms with Gasteiger partial charge in [0.25, 0.3) is 0 Å². The average Bonchev–Trinajstić information content (AvgIpc) is 3.13. The minimum atomic E-state index is -0.122. The van der Waals surface area contributed by atoms with Crippen molar-refractivity contribution in [3.63, 3.8) is 0 Å². The molecule has 2 aliphatic rings. The van der Waals surface area contributed by atoms with E-state index in [9.17, 15) is 0 Å². The third kappa shape index (κ3) is 6.17. The lowest BCUT2D eigenvalue weighted by atomic mass is 9.96. The molecule has 0 aromatic heterocycles. The van der Waals surface area contributed by atoms with Crippen molar-refractivity contribution in [1.82, 2.24) is 0 Å². The van der Waals surface area contributed by atoms with E-state index in [-0.39, 0.29) is 24.6 Å². The summed E-state index contributed by atoms with van der Waals surface area (Å²) in [6, 6.07) is 26.4. The first-order chi connectivity index (χ1) is 16.6. The van der Waals surface area contributed by atoms with E-state index in [2.05, 4.69) is 60.4 Å². The zero-order chi connectivity index (χ0) is 23.5. The Morgan fingerprint density at radius 1 is 0.857 bits per heavy atom. The molecule has 0 N–H and O–H groups in total. The van der Waals surface area contributed by atoms with Gasteiger partial charge in [0.15, 0.2) is 0 Å². The zero-order valence-electron chi connectivity index (χ0n) is 20.2. The van der Waals surface area contributed by atoms with Gasteiger partial charge in [0.1, 0.15) is 6.10 Å². The summed E-state index contributed by atoms with van der Waals surface area (Å²) < 4.78 is 6.87. The van der Waals surface area contributed by atoms with Gasteiger partial charge in [0.05, 0.1) is 6.10 Å². The number of halogens is 3. The lowest BCUT2D eigenvalue weighted by molar-refractivity contribution is -0.0132. The molecule has 2 fully saturated rings. The van der Waals surface area contributed by atoms with E-state index in [1.165, 1.54) is 43.4 Å². The number of hydrogen-bond donors (Lipinski definition) is 0. The van der Waals surface area contributed by atoms with Gasteiger partial charge in [-0.05, 0) is 91.6 Å². The summed E-state index contributed by atoms with van der Waals surface area (Å²) in [5, 5.41) is 1.48. The van der Waals surface area contributed by atoms with Gasteiger partial charge in [0, 0.05) is 27.8 Å². The second kappa shape index (κ2) is 12.0. The Hall–Kier alpha value is -1.71. The molecule has 3 atom stereocenters. The maximum atomic E-state index is 6.87. The van der Waals surface area contributed by atoms with Gasteiger partial charge in [-0.2, -0.15) is 0 Å². The standard InChI is InChI=1S/C30H33Cl2NO.ClH/c1-2-3-5-21-6-4-7-26(18-21)33-27-16-17-28(33)20-29(19-27)34-30(22-8-12-24(31)13-9-22)23-10-14-25(32)15-11-23;/h4,6-15,18,27-30H,2-3,5,16-17,19-20H2,1H3;1H/t27-,28+,29?;. The van der Waals surface area contributed by atoms with Gasteiger partial charge in [0.2, 0.25) is 0 Å². The molecule has 35 heavy (non-hydrogen) atoms. The highest BCUT2D eigenvalue weighted by atomic mass is 35.5. The maximum absolute atomic E-state index is 6.87. The third-order valence-electron chi connectivity index (χ3n) is 7.39. The van der Waals surface area contributed by atoms with Crippen molar-refractivity contribution in [2.45, 2.75) is 76.2 Å². The number of fused-ring (bicyclic) bond motifs is 2. The van der Waals surface area contributed by atoms with Crippen LogP contribution in [-0.4, -0.2) is 18.2 Å². The normalized spacial score (nSPS) is 21.3. The molecule has 0 saturated carbocycles. The van der Waals surface area contributed by atoms with Gasteiger partial charge < -0.3 is 9.64 Å². The highest BCUT2D eigenvalue weighted by Crippen LogP contribution is 2.42. The molecule has 3 aromatic carbocycles. The summed E-state index contributed by atoms with van der Waals surface area (Å²) in [6.45, 7) is 2.26. The molecule has 2 bridgehead atoms. The molecule has 2 heterocycles. The Bertz CT molecular complexity index is 1030. The van der Waals surface area contributed by atoms with Crippen LogP contribution < -0.4 is 4.90 Å². The van der Waals surface area contributed by atoms with Crippen LogP contribution >= 0.6 is 35.6 Å². The number of hydrogen-bond acceptors (Lipinski definition) is 2. The summed E-state index contributed by atoms with van der Waals surface area (Å²) in [5.41, 5.74) is 5.12. The molecule has 0 aliphatic carbocycles. The predicted octanol–water partition coefficient (Wildman–Crippen LogP) is 9.06. The van der Waals surface area contributed by atoms with Crippen molar-refractivity contribution >= 4 is 41.3 Å². The number of anilines is 1. The van der Waals surface area contributed by atoms with Gasteiger partial charge in [-0.15, -0.1) is 12.4 Å². The van der Waals surface area contributed by atoms with E-state index in [4.69, 9.17) is 27.9 Å². The van der Waals surface area contributed by atoms with Crippen LogP contribution in [0.2, 0.25) is 10.0 Å². The van der Waals surface area contributed by atoms with E-state index in [0.717, 1.165) is 34.0 Å². The Balaban J connectivity index is 0.00000289. The molecule has 0 spiro atoms. The van der Waals surface area contributed by atoms with Crippen molar-refractivity contribution < 1.29 is 4.74 Å². The van der Waals surface area contributed by atoms with E-state index >= 15 is 0 Å². The smallest absolute Gasteiger partial charge is 0.108 e. The van der Waals surface area contributed by atoms with Crippen LogP contribution in [0.5, 0.6) is 0 Å². The monoisotopic (exact) mass is 529 g/mol. The van der Waals surface area contributed by atoms with Gasteiger partial charge in [-0.25, -0.2) is 0 Å². The van der Waals surface area contributed by atoms with Crippen molar-refractivity contribution in [1.29, 1.82) is 0 Å². The highest BCUT2D eigenvalue weighted by Gasteiger charge is 2.42. The summed E-state index contributed by atoms with van der Waals surface area (Å²) in [7, 11) is 0. The molecule has 2 nitrogen and oxygen atoms in total. The Labute approximate surface area is 226 Å². The van der Waals surface area contributed by atoms with Crippen LogP contribution in [0.4, 0.5) is 5.69 Å². The summed E-state index contributed by atoms with van der Waals surface area (Å²) in [4.78, 5) is 2.69. The first-order valence-corrected chi connectivity index (χ1v) is 13.4. The predicted molar refractivity (Wildman–Crippen MR) is 150 cm³/mol. The van der Waals surface area contributed by atoms with Crippen molar-refractivity contribution in [3.8, 4) is 0 Å².